The zero-order valence-corrected chi connectivity index (χ0v) is 10.6. The van der Waals surface area contributed by atoms with Gasteiger partial charge in [0.2, 0.25) is 5.91 Å². The Morgan fingerprint density at radius 2 is 1.89 bits per heavy atom. The number of fused-ring (bicyclic) bond motifs is 1. The molecule has 0 unspecified atom stereocenters. The second-order valence-corrected chi connectivity index (χ2v) is 4.46. The van der Waals surface area contributed by atoms with Gasteiger partial charge in [0, 0.05) is 49.6 Å². The molecule has 0 bridgehead atoms. The van der Waals surface area contributed by atoms with Crippen molar-refractivity contribution in [3.8, 4) is 0 Å². The number of aromatic nitrogens is 1. The van der Waals surface area contributed by atoms with Crippen molar-refractivity contribution < 1.29 is 9.59 Å². The van der Waals surface area contributed by atoms with Gasteiger partial charge in [0.1, 0.15) is 0 Å². The van der Waals surface area contributed by atoms with Gasteiger partial charge in [-0.1, -0.05) is 18.2 Å². The van der Waals surface area contributed by atoms with E-state index in [0.29, 0.717) is 5.56 Å². The molecule has 18 heavy (non-hydrogen) atoms. The number of nitrogens with one attached hydrogen (secondary N) is 1. The van der Waals surface area contributed by atoms with Gasteiger partial charge in [-0.15, -0.1) is 0 Å². The molecule has 4 nitrogen and oxygen atoms in total. The maximum atomic E-state index is 12.1. The summed E-state index contributed by atoms with van der Waals surface area (Å²) in [5, 5.41) is 0.916. The molecule has 0 aliphatic carbocycles. The lowest BCUT2D eigenvalue weighted by Crippen LogP contribution is -2.22. The van der Waals surface area contributed by atoms with E-state index in [1.54, 1.807) is 20.3 Å². The summed E-state index contributed by atoms with van der Waals surface area (Å²) in [6.45, 7) is 0. The van der Waals surface area contributed by atoms with Crippen molar-refractivity contribution in [1.29, 1.82) is 0 Å². The molecule has 0 radical (unpaired) electrons. The summed E-state index contributed by atoms with van der Waals surface area (Å²) in [6.07, 6.45) is 2.22. The minimum Gasteiger partial charge on any atom is -0.360 e. The molecule has 0 spiro atoms. The number of amides is 1. The highest BCUT2D eigenvalue weighted by Gasteiger charge is 2.13. The summed E-state index contributed by atoms with van der Waals surface area (Å²) < 4.78 is 0. The molecule has 0 atom stereocenters. The number of ketones is 1. The number of hydrogen-bond donors (Lipinski definition) is 1. The van der Waals surface area contributed by atoms with E-state index in [1.165, 1.54) is 4.90 Å². The van der Waals surface area contributed by atoms with Crippen molar-refractivity contribution in [2.75, 3.05) is 14.1 Å². The molecule has 2 aromatic rings. The molecule has 4 heteroatoms. The van der Waals surface area contributed by atoms with Crippen LogP contribution in [0.15, 0.2) is 30.5 Å². The monoisotopic (exact) mass is 244 g/mol. The summed E-state index contributed by atoms with van der Waals surface area (Å²) in [6, 6.07) is 7.66. The molecule has 1 N–H and O–H groups in total. The third kappa shape index (κ3) is 2.42. The highest BCUT2D eigenvalue weighted by atomic mass is 16.2. The summed E-state index contributed by atoms with van der Waals surface area (Å²) in [5.41, 5.74) is 1.61. The maximum Gasteiger partial charge on any atom is 0.222 e. The van der Waals surface area contributed by atoms with E-state index in [0.717, 1.165) is 10.9 Å². The molecule has 0 fully saturated rings. The molecule has 0 saturated carbocycles. The van der Waals surface area contributed by atoms with Crippen LogP contribution in [-0.2, 0) is 4.79 Å². The fraction of sp³-hybridized carbons (Fsp3) is 0.286. The maximum absolute atomic E-state index is 12.1. The number of carbonyl (C=O) groups is 2. The van der Waals surface area contributed by atoms with E-state index < -0.39 is 0 Å². The Morgan fingerprint density at radius 3 is 2.61 bits per heavy atom. The van der Waals surface area contributed by atoms with Crippen LogP contribution in [0.4, 0.5) is 0 Å². The van der Waals surface area contributed by atoms with Crippen LogP contribution in [0.25, 0.3) is 10.9 Å². The van der Waals surface area contributed by atoms with Crippen molar-refractivity contribution in [2.24, 2.45) is 0 Å². The van der Waals surface area contributed by atoms with Crippen LogP contribution in [-0.4, -0.2) is 35.7 Å². The van der Waals surface area contributed by atoms with Gasteiger partial charge in [0.25, 0.3) is 0 Å². The molecular formula is C14H16N2O2. The number of rotatable bonds is 4. The van der Waals surface area contributed by atoms with Gasteiger partial charge in [0.15, 0.2) is 5.78 Å². The molecule has 1 heterocycles. The Balaban J connectivity index is 2.12. The molecule has 94 valence electrons. The zero-order valence-electron chi connectivity index (χ0n) is 10.6. The van der Waals surface area contributed by atoms with Crippen molar-refractivity contribution in [3.05, 3.63) is 36.0 Å². The van der Waals surface area contributed by atoms with Gasteiger partial charge in [-0.25, -0.2) is 0 Å². The van der Waals surface area contributed by atoms with Crippen LogP contribution in [0.1, 0.15) is 23.2 Å². The number of carbonyl (C=O) groups excluding carboxylic acids is 2. The van der Waals surface area contributed by atoms with E-state index in [4.69, 9.17) is 0 Å². The highest BCUT2D eigenvalue weighted by molar-refractivity contribution is 6.08. The lowest BCUT2D eigenvalue weighted by Gasteiger charge is -2.08. The summed E-state index contributed by atoms with van der Waals surface area (Å²) in [4.78, 5) is 28.1. The molecule has 2 rings (SSSR count). The second-order valence-electron chi connectivity index (χ2n) is 4.46. The van der Waals surface area contributed by atoms with E-state index >= 15 is 0 Å². The molecule has 1 aromatic heterocycles. The summed E-state index contributed by atoms with van der Waals surface area (Å²) in [5.74, 6) is -0.0224. The van der Waals surface area contributed by atoms with Crippen LogP contribution in [0, 0.1) is 0 Å². The minimum atomic E-state index is -0.0248. The Kier molecular flexibility index (Phi) is 3.46. The first-order valence-electron chi connectivity index (χ1n) is 5.89. The van der Waals surface area contributed by atoms with Gasteiger partial charge in [-0.2, -0.15) is 0 Å². The second kappa shape index (κ2) is 5.04. The number of Topliss-reactive ketones (excluding diaryl/α,β-unsaturated/α-hetero) is 1. The van der Waals surface area contributed by atoms with Crippen molar-refractivity contribution in [3.63, 3.8) is 0 Å². The number of para-hydroxylation sites is 1. The van der Waals surface area contributed by atoms with Gasteiger partial charge >= 0.3 is 0 Å². The number of hydrogen-bond acceptors (Lipinski definition) is 2. The van der Waals surface area contributed by atoms with E-state index in [-0.39, 0.29) is 24.5 Å². The average Bonchev–Trinajstić information content (AvgIpc) is 2.79. The van der Waals surface area contributed by atoms with Crippen LogP contribution in [0.5, 0.6) is 0 Å². The van der Waals surface area contributed by atoms with Crippen LogP contribution < -0.4 is 0 Å². The van der Waals surface area contributed by atoms with Crippen LogP contribution in [0.3, 0.4) is 0 Å². The molecule has 0 saturated heterocycles. The normalized spacial score (nSPS) is 10.6. The fourth-order valence-electron chi connectivity index (χ4n) is 1.88. The van der Waals surface area contributed by atoms with E-state index in [9.17, 15) is 9.59 Å². The average molecular weight is 244 g/mol. The highest BCUT2D eigenvalue weighted by Crippen LogP contribution is 2.19. The van der Waals surface area contributed by atoms with Gasteiger partial charge in [0.05, 0.1) is 0 Å². The smallest absolute Gasteiger partial charge is 0.222 e. The minimum absolute atomic E-state index is 0.00245. The Bertz CT molecular complexity index is 584. The van der Waals surface area contributed by atoms with Crippen LogP contribution >= 0.6 is 0 Å². The number of nitrogens with zero attached hydrogens (tertiary/aromatic N) is 1. The van der Waals surface area contributed by atoms with Crippen molar-refractivity contribution >= 4 is 22.6 Å². The summed E-state index contributed by atoms with van der Waals surface area (Å²) in [7, 11) is 3.39. The molecule has 0 aliphatic heterocycles. The SMILES string of the molecule is CN(C)C(=O)CCC(=O)c1c[nH]c2ccccc12. The van der Waals surface area contributed by atoms with Gasteiger partial charge < -0.3 is 9.88 Å². The van der Waals surface area contributed by atoms with Crippen molar-refractivity contribution in [2.45, 2.75) is 12.8 Å². The zero-order chi connectivity index (χ0) is 13.1. The lowest BCUT2D eigenvalue weighted by atomic mass is 10.1. The van der Waals surface area contributed by atoms with Crippen molar-refractivity contribution in [1.82, 2.24) is 9.88 Å². The summed E-state index contributed by atoms with van der Waals surface area (Å²) >= 11 is 0. The third-order valence-electron chi connectivity index (χ3n) is 2.95. The predicted molar refractivity (Wildman–Crippen MR) is 70.6 cm³/mol. The quantitative estimate of drug-likeness (QED) is 0.838. The van der Waals surface area contributed by atoms with Gasteiger partial charge in [-0.05, 0) is 6.07 Å². The first-order valence-corrected chi connectivity index (χ1v) is 5.89. The Labute approximate surface area is 106 Å². The molecular weight excluding hydrogens is 228 g/mol. The first-order chi connectivity index (χ1) is 8.59. The number of aromatic amines is 1. The number of H-pyrrole nitrogens is 1. The molecule has 1 amide bonds. The van der Waals surface area contributed by atoms with E-state index in [1.807, 2.05) is 24.3 Å². The first kappa shape index (κ1) is 12.4. The standard InChI is InChI=1S/C14H16N2O2/c1-16(2)14(18)8-7-13(17)11-9-15-12-6-4-3-5-10(11)12/h3-6,9,15H,7-8H2,1-2H3. The molecule has 1 aromatic carbocycles. The number of benzene rings is 1. The van der Waals surface area contributed by atoms with Gasteiger partial charge in [-0.3, -0.25) is 9.59 Å². The predicted octanol–water partition coefficient (Wildman–Crippen LogP) is 2.22. The Morgan fingerprint density at radius 1 is 1.17 bits per heavy atom. The molecule has 0 aliphatic rings. The largest absolute Gasteiger partial charge is 0.360 e. The third-order valence-corrected chi connectivity index (χ3v) is 2.95. The fourth-order valence-corrected chi connectivity index (χ4v) is 1.88. The van der Waals surface area contributed by atoms with Crippen LogP contribution in [0.2, 0.25) is 0 Å². The topological polar surface area (TPSA) is 53.2 Å². The van der Waals surface area contributed by atoms with E-state index in [2.05, 4.69) is 4.98 Å². The lowest BCUT2D eigenvalue weighted by molar-refractivity contribution is -0.128. The Hall–Kier alpha value is -2.10.